The molecule has 1 heterocycles. The van der Waals surface area contributed by atoms with Crippen LogP contribution in [0.25, 0.3) is 0 Å². The van der Waals surface area contributed by atoms with Crippen molar-refractivity contribution in [3.05, 3.63) is 32.9 Å². The van der Waals surface area contributed by atoms with Crippen LogP contribution in [0.5, 0.6) is 0 Å². The molecule has 54 valence electrons. The molecule has 0 saturated heterocycles. The highest BCUT2D eigenvalue weighted by atomic mass is 19.1. The van der Waals surface area contributed by atoms with Gasteiger partial charge in [-0.15, -0.1) is 0 Å². The zero-order chi connectivity index (χ0) is 7.72. The summed E-state index contributed by atoms with van der Waals surface area (Å²) in [5, 5.41) is 0. The molecule has 5 nitrogen and oxygen atoms in total. The second kappa shape index (κ2) is 1.98. The molecule has 0 spiro atoms. The van der Waals surface area contributed by atoms with Crippen molar-refractivity contribution in [2.24, 2.45) is 0 Å². The predicted octanol–water partition coefficient (Wildman–Crippen LogP) is -1.61. The van der Waals surface area contributed by atoms with Gasteiger partial charge in [0.05, 0.1) is 0 Å². The minimum atomic E-state index is -1.14. The molecule has 1 aromatic heterocycles. The van der Waals surface area contributed by atoms with E-state index in [0.29, 0.717) is 6.20 Å². The van der Waals surface area contributed by atoms with E-state index < -0.39 is 17.1 Å². The van der Waals surface area contributed by atoms with Gasteiger partial charge in [0.1, 0.15) is 0 Å². The van der Waals surface area contributed by atoms with Gasteiger partial charge in [-0.3, -0.25) is 4.79 Å². The summed E-state index contributed by atoms with van der Waals surface area (Å²) in [5.41, 5.74) is -1.98. The lowest BCUT2D eigenvalue weighted by atomic mass is 10.6. The summed E-state index contributed by atoms with van der Waals surface area (Å²) in [6.07, 6.45) is 0.661. The van der Waals surface area contributed by atoms with Gasteiger partial charge >= 0.3 is 11.2 Å². The quantitative estimate of drug-likeness (QED) is 0.431. The number of H-pyrrole nitrogens is 1. The Labute approximate surface area is 53.9 Å². The van der Waals surface area contributed by atoms with E-state index in [2.05, 4.69) is 0 Å². The van der Waals surface area contributed by atoms with Gasteiger partial charge in [-0.1, -0.05) is 0 Å². The zero-order valence-corrected chi connectivity index (χ0v) is 4.80. The second-order valence-corrected chi connectivity index (χ2v) is 1.62. The zero-order valence-electron chi connectivity index (χ0n) is 4.80. The highest BCUT2D eigenvalue weighted by molar-refractivity contribution is 4.86. The fourth-order valence-electron chi connectivity index (χ4n) is 0.464. The summed E-state index contributed by atoms with van der Waals surface area (Å²) in [7, 11) is 0. The minimum Gasteiger partial charge on any atom is -0.332 e. The molecule has 0 saturated carbocycles. The number of aromatic amines is 1. The standard InChI is InChI=1S/C4H4FN3O2/c5-2-1-7-4(10)8(6)3(2)9/h1H,6H2,(H,7,10). The third kappa shape index (κ3) is 0.790. The molecular formula is C4H4FN3O2. The molecule has 0 radical (unpaired) electrons. The fraction of sp³-hybridized carbons (Fsp3) is 0. The largest absolute Gasteiger partial charge is 0.347 e. The topological polar surface area (TPSA) is 80.9 Å². The fourth-order valence-corrected chi connectivity index (χ4v) is 0.464. The average Bonchev–Trinajstić information content (AvgIpc) is 1.93. The molecule has 0 fully saturated rings. The average molecular weight is 145 g/mol. The van der Waals surface area contributed by atoms with Gasteiger partial charge in [0.25, 0.3) is 0 Å². The lowest BCUT2D eigenvalue weighted by molar-refractivity contribution is 0.578. The SMILES string of the molecule is Nn1c(=O)[nH]cc(F)c1=O. The normalized spacial score (nSPS) is 9.70. The Morgan fingerprint density at radius 3 is 2.70 bits per heavy atom. The second-order valence-electron chi connectivity index (χ2n) is 1.62. The van der Waals surface area contributed by atoms with E-state index in [1.54, 1.807) is 0 Å². The van der Waals surface area contributed by atoms with Crippen LogP contribution >= 0.6 is 0 Å². The van der Waals surface area contributed by atoms with Crippen molar-refractivity contribution in [3.8, 4) is 0 Å². The van der Waals surface area contributed by atoms with Crippen molar-refractivity contribution in [1.82, 2.24) is 9.66 Å². The molecule has 6 heteroatoms. The van der Waals surface area contributed by atoms with Crippen LogP contribution in [0.3, 0.4) is 0 Å². The van der Waals surface area contributed by atoms with Gasteiger partial charge in [0.15, 0.2) is 0 Å². The number of nitrogens with zero attached hydrogens (tertiary/aromatic N) is 1. The maximum atomic E-state index is 12.2. The summed E-state index contributed by atoms with van der Waals surface area (Å²) in [5.74, 6) is 3.72. The Balaban J connectivity index is 3.66. The lowest BCUT2D eigenvalue weighted by Crippen LogP contribution is -2.41. The van der Waals surface area contributed by atoms with Crippen molar-refractivity contribution in [1.29, 1.82) is 0 Å². The molecule has 0 unspecified atom stereocenters. The number of hydrogen-bond acceptors (Lipinski definition) is 3. The first-order chi connectivity index (χ1) is 4.63. The van der Waals surface area contributed by atoms with E-state index in [1.165, 1.54) is 0 Å². The van der Waals surface area contributed by atoms with Crippen LogP contribution in [0.1, 0.15) is 0 Å². The highest BCUT2D eigenvalue weighted by Gasteiger charge is 2.00. The van der Waals surface area contributed by atoms with E-state index in [9.17, 15) is 14.0 Å². The molecule has 3 N–H and O–H groups in total. The first-order valence-corrected chi connectivity index (χ1v) is 2.38. The first kappa shape index (κ1) is 6.53. The van der Waals surface area contributed by atoms with Gasteiger partial charge < -0.3 is 10.8 Å². The van der Waals surface area contributed by atoms with E-state index >= 15 is 0 Å². The molecule has 1 rings (SSSR count). The molecule has 0 aromatic carbocycles. The first-order valence-electron chi connectivity index (χ1n) is 2.38. The van der Waals surface area contributed by atoms with Crippen LogP contribution in [0.4, 0.5) is 4.39 Å². The molecule has 0 aliphatic rings. The van der Waals surface area contributed by atoms with Gasteiger partial charge in [-0.2, -0.15) is 9.07 Å². The van der Waals surface area contributed by atoms with Crippen LogP contribution in [0, 0.1) is 5.82 Å². The number of rotatable bonds is 0. The van der Waals surface area contributed by atoms with Gasteiger partial charge in [0.2, 0.25) is 5.82 Å². The molecule has 0 bridgehead atoms. The van der Waals surface area contributed by atoms with Crippen molar-refractivity contribution < 1.29 is 4.39 Å². The number of nitrogens with one attached hydrogen (secondary N) is 1. The van der Waals surface area contributed by atoms with Gasteiger partial charge in [0, 0.05) is 6.20 Å². The van der Waals surface area contributed by atoms with Crippen LogP contribution in [0.15, 0.2) is 15.8 Å². The van der Waals surface area contributed by atoms with Crippen molar-refractivity contribution in [2.75, 3.05) is 5.84 Å². The molecule has 0 aliphatic heterocycles. The van der Waals surface area contributed by atoms with Crippen molar-refractivity contribution >= 4 is 0 Å². The lowest BCUT2D eigenvalue weighted by Gasteiger charge is -1.92. The van der Waals surface area contributed by atoms with Gasteiger partial charge in [-0.25, -0.2) is 4.79 Å². The maximum absolute atomic E-state index is 12.2. The summed E-state index contributed by atoms with van der Waals surface area (Å²) < 4.78 is 12.3. The maximum Gasteiger partial charge on any atom is 0.347 e. The summed E-state index contributed by atoms with van der Waals surface area (Å²) >= 11 is 0. The summed E-state index contributed by atoms with van der Waals surface area (Å²) in [6, 6.07) is 0. The number of halogens is 1. The Morgan fingerprint density at radius 1 is 1.60 bits per heavy atom. The number of aromatic nitrogens is 2. The Bertz CT molecular complexity index is 352. The molecule has 0 aliphatic carbocycles. The molecular weight excluding hydrogens is 141 g/mol. The van der Waals surface area contributed by atoms with Crippen molar-refractivity contribution in [3.63, 3.8) is 0 Å². The Hall–Kier alpha value is -1.59. The number of hydrogen-bond donors (Lipinski definition) is 2. The third-order valence-corrected chi connectivity index (χ3v) is 0.964. The van der Waals surface area contributed by atoms with Crippen LogP contribution in [0.2, 0.25) is 0 Å². The summed E-state index contributed by atoms with van der Waals surface area (Å²) in [6.45, 7) is 0. The van der Waals surface area contributed by atoms with Gasteiger partial charge in [-0.05, 0) is 0 Å². The molecule has 0 atom stereocenters. The molecule has 1 aromatic rings. The van der Waals surface area contributed by atoms with Crippen LogP contribution < -0.4 is 17.1 Å². The predicted molar refractivity (Wildman–Crippen MR) is 31.4 cm³/mol. The number of nitrogens with two attached hydrogens (primary N) is 1. The van der Waals surface area contributed by atoms with E-state index in [4.69, 9.17) is 5.84 Å². The van der Waals surface area contributed by atoms with Crippen LogP contribution in [-0.4, -0.2) is 9.66 Å². The smallest absolute Gasteiger partial charge is 0.332 e. The molecule has 10 heavy (non-hydrogen) atoms. The van der Waals surface area contributed by atoms with E-state index in [0.717, 1.165) is 0 Å². The van der Waals surface area contributed by atoms with E-state index in [-0.39, 0.29) is 4.68 Å². The van der Waals surface area contributed by atoms with Crippen LogP contribution in [-0.2, 0) is 0 Å². The minimum absolute atomic E-state index is 0.162. The summed E-state index contributed by atoms with van der Waals surface area (Å²) in [4.78, 5) is 22.8. The Morgan fingerprint density at radius 2 is 2.20 bits per heavy atom. The van der Waals surface area contributed by atoms with Crippen molar-refractivity contribution in [2.45, 2.75) is 0 Å². The van der Waals surface area contributed by atoms with E-state index in [1.807, 2.05) is 4.98 Å². The Kier molecular flexibility index (Phi) is 1.29. The highest BCUT2D eigenvalue weighted by Crippen LogP contribution is 1.75. The third-order valence-electron chi connectivity index (χ3n) is 0.964. The number of nitrogen functional groups attached to an aromatic ring is 1. The monoisotopic (exact) mass is 145 g/mol. The molecule has 0 amide bonds.